The number of anilines is 1. The number of ether oxygens (including phenoxy) is 2. The molecule has 0 radical (unpaired) electrons. The van der Waals surface area contributed by atoms with Crippen LogP contribution in [0.2, 0.25) is 0 Å². The van der Waals surface area contributed by atoms with E-state index < -0.39 is 11.9 Å². The Balaban J connectivity index is 2.01. The third kappa shape index (κ3) is 4.46. The van der Waals surface area contributed by atoms with Gasteiger partial charge >= 0.3 is 0 Å². The molecule has 22 heavy (non-hydrogen) atoms. The van der Waals surface area contributed by atoms with Crippen LogP contribution in [0.3, 0.4) is 0 Å². The van der Waals surface area contributed by atoms with Crippen molar-refractivity contribution >= 4 is 17.6 Å². The molecule has 0 saturated carbocycles. The average Bonchev–Trinajstić information content (AvgIpc) is 3.01. The van der Waals surface area contributed by atoms with Gasteiger partial charge in [-0.05, 0) is 44.0 Å². The van der Waals surface area contributed by atoms with Crippen molar-refractivity contribution in [1.29, 1.82) is 0 Å². The molecule has 1 aliphatic heterocycles. The molecule has 2 unspecified atom stereocenters. The van der Waals surface area contributed by atoms with Crippen molar-refractivity contribution < 1.29 is 24.2 Å². The summed E-state index contributed by atoms with van der Waals surface area (Å²) in [6.45, 7) is 3.02. The number of carbonyl (C=O) groups excluding carboxylic acids is 2. The van der Waals surface area contributed by atoms with Crippen molar-refractivity contribution in [2.24, 2.45) is 5.92 Å². The summed E-state index contributed by atoms with van der Waals surface area (Å²) in [6.07, 6.45) is 0.827. The molecule has 0 aliphatic carbocycles. The number of nitrogens with one attached hydrogen (secondary N) is 1. The molecular weight excluding hydrogens is 286 g/mol. The molecule has 1 saturated heterocycles. The molecule has 6 nitrogen and oxygen atoms in total. The third-order valence-electron chi connectivity index (χ3n) is 3.57. The number of carboxylic acid groups (broad SMARTS) is 1. The van der Waals surface area contributed by atoms with Gasteiger partial charge in [-0.1, -0.05) is 0 Å². The summed E-state index contributed by atoms with van der Waals surface area (Å²) in [6, 6.07) is 6.93. The van der Waals surface area contributed by atoms with Crippen molar-refractivity contribution in [3.05, 3.63) is 24.3 Å². The first-order chi connectivity index (χ1) is 10.6. The quantitative estimate of drug-likeness (QED) is 0.810. The van der Waals surface area contributed by atoms with Crippen molar-refractivity contribution in [2.45, 2.75) is 32.3 Å². The summed E-state index contributed by atoms with van der Waals surface area (Å²) < 4.78 is 10.8. The lowest BCUT2D eigenvalue weighted by Crippen LogP contribution is -2.38. The number of hydrogen-bond donors (Lipinski definition) is 1. The van der Waals surface area contributed by atoms with Crippen LogP contribution in [0.1, 0.15) is 26.2 Å². The molecule has 6 heteroatoms. The van der Waals surface area contributed by atoms with Crippen molar-refractivity contribution in [2.75, 3.05) is 18.5 Å². The smallest absolute Gasteiger partial charge is 0.230 e. The Morgan fingerprint density at radius 2 is 2.14 bits per heavy atom. The molecule has 1 heterocycles. The molecule has 1 aliphatic rings. The van der Waals surface area contributed by atoms with E-state index >= 15 is 0 Å². The summed E-state index contributed by atoms with van der Waals surface area (Å²) >= 11 is 0. The molecule has 2 atom stereocenters. The highest BCUT2D eigenvalue weighted by Crippen LogP contribution is 2.25. The van der Waals surface area contributed by atoms with E-state index in [-0.39, 0.29) is 18.4 Å². The SMILES string of the molecule is CCOc1ccc(NC(=O)C(CC(=O)[O-])C2CCCO2)cc1. The van der Waals surface area contributed by atoms with Crippen molar-refractivity contribution in [3.63, 3.8) is 0 Å². The topological polar surface area (TPSA) is 87.7 Å². The maximum absolute atomic E-state index is 12.3. The Hall–Kier alpha value is -2.08. The van der Waals surface area contributed by atoms with Gasteiger partial charge in [0.25, 0.3) is 0 Å². The average molecular weight is 306 g/mol. The van der Waals surface area contributed by atoms with Gasteiger partial charge in [-0.3, -0.25) is 4.79 Å². The van der Waals surface area contributed by atoms with Gasteiger partial charge in [0.05, 0.1) is 18.6 Å². The lowest BCUT2D eigenvalue weighted by molar-refractivity contribution is -0.307. The highest BCUT2D eigenvalue weighted by Gasteiger charge is 2.31. The van der Waals surface area contributed by atoms with Crippen LogP contribution in [0.25, 0.3) is 0 Å². The van der Waals surface area contributed by atoms with Crippen LogP contribution < -0.4 is 15.2 Å². The fourth-order valence-corrected chi connectivity index (χ4v) is 2.53. The second-order valence-corrected chi connectivity index (χ2v) is 5.18. The van der Waals surface area contributed by atoms with Crippen LogP contribution in [0.15, 0.2) is 24.3 Å². The molecule has 1 aromatic rings. The van der Waals surface area contributed by atoms with Gasteiger partial charge in [-0.25, -0.2) is 0 Å². The number of amides is 1. The molecule has 1 fully saturated rings. The number of hydrogen-bond acceptors (Lipinski definition) is 5. The second kappa shape index (κ2) is 7.79. The van der Waals surface area contributed by atoms with Crippen LogP contribution in [0.4, 0.5) is 5.69 Å². The lowest BCUT2D eigenvalue weighted by atomic mass is 9.95. The van der Waals surface area contributed by atoms with Crippen LogP contribution in [0.5, 0.6) is 5.75 Å². The zero-order valence-electron chi connectivity index (χ0n) is 12.5. The summed E-state index contributed by atoms with van der Waals surface area (Å²) in [7, 11) is 0. The minimum atomic E-state index is -1.25. The number of rotatable bonds is 7. The lowest BCUT2D eigenvalue weighted by Gasteiger charge is -2.22. The molecule has 1 aromatic carbocycles. The second-order valence-electron chi connectivity index (χ2n) is 5.18. The van der Waals surface area contributed by atoms with Crippen molar-refractivity contribution in [3.8, 4) is 5.75 Å². The third-order valence-corrected chi connectivity index (χ3v) is 3.57. The van der Waals surface area contributed by atoms with Gasteiger partial charge in [0, 0.05) is 24.7 Å². The van der Waals surface area contributed by atoms with E-state index in [9.17, 15) is 14.7 Å². The first kappa shape index (κ1) is 16.3. The van der Waals surface area contributed by atoms with Gasteiger partial charge < -0.3 is 24.7 Å². The fraction of sp³-hybridized carbons (Fsp3) is 0.500. The van der Waals surface area contributed by atoms with Crippen molar-refractivity contribution in [1.82, 2.24) is 0 Å². The van der Waals surface area contributed by atoms with Gasteiger partial charge in [0.2, 0.25) is 5.91 Å². The minimum absolute atomic E-state index is 0.340. The van der Waals surface area contributed by atoms with E-state index in [1.165, 1.54) is 0 Å². The van der Waals surface area contributed by atoms with E-state index in [4.69, 9.17) is 9.47 Å². The molecule has 1 amide bonds. The zero-order valence-corrected chi connectivity index (χ0v) is 12.5. The minimum Gasteiger partial charge on any atom is -0.550 e. The Morgan fingerprint density at radius 1 is 1.41 bits per heavy atom. The fourth-order valence-electron chi connectivity index (χ4n) is 2.53. The van der Waals surface area contributed by atoms with Crippen LogP contribution >= 0.6 is 0 Å². The Morgan fingerprint density at radius 3 is 2.68 bits per heavy atom. The number of benzene rings is 1. The molecule has 0 aromatic heterocycles. The number of carbonyl (C=O) groups is 2. The maximum Gasteiger partial charge on any atom is 0.230 e. The van der Waals surface area contributed by atoms with Gasteiger partial charge in [-0.15, -0.1) is 0 Å². The van der Waals surface area contributed by atoms with Crippen LogP contribution in [-0.2, 0) is 14.3 Å². The first-order valence-electron chi connectivity index (χ1n) is 7.45. The predicted octanol–water partition coefficient (Wildman–Crippen LogP) is 0.959. The summed E-state index contributed by atoms with van der Waals surface area (Å²) in [5.41, 5.74) is 0.592. The first-order valence-corrected chi connectivity index (χ1v) is 7.45. The summed E-state index contributed by atoms with van der Waals surface area (Å²) in [4.78, 5) is 23.2. The molecule has 0 spiro atoms. The van der Waals surface area contributed by atoms with E-state index in [0.717, 1.165) is 6.42 Å². The summed E-state index contributed by atoms with van der Waals surface area (Å²) in [5, 5.41) is 13.6. The summed E-state index contributed by atoms with van der Waals surface area (Å²) in [5.74, 6) is -1.63. The normalized spacial score (nSPS) is 18.7. The monoisotopic (exact) mass is 306 g/mol. The number of carboxylic acids is 1. The zero-order chi connectivity index (χ0) is 15.9. The van der Waals surface area contributed by atoms with Gasteiger partial charge in [-0.2, -0.15) is 0 Å². The Kier molecular flexibility index (Phi) is 5.77. The van der Waals surface area contributed by atoms with E-state index in [1.54, 1.807) is 24.3 Å². The molecule has 2 rings (SSSR count). The largest absolute Gasteiger partial charge is 0.550 e. The van der Waals surface area contributed by atoms with Gasteiger partial charge in [0.15, 0.2) is 0 Å². The highest BCUT2D eigenvalue weighted by molar-refractivity contribution is 5.94. The van der Waals surface area contributed by atoms with Gasteiger partial charge in [0.1, 0.15) is 5.75 Å². The van der Waals surface area contributed by atoms with E-state index in [0.29, 0.717) is 31.1 Å². The Labute approximate surface area is 129 Å². The molecule has 120 valence electrons. The number of aliphatic carboxylic acids is 1. The van der Waals surface area contributed by atoms with Crippen LogP contribution in [0, 0.1) is 5.92 Å². The van der Waals surface area contributed by atoms with Crippen LogP contribution in [-0.4, -0.2) is 31.2 Å². The standard InChI is InChI=1S/C16H21NO5/c1-2-21-12-7-5-11(6-8-12)17-16(20)13(10-15(18)19)14-4-3-9-22-14/h5-8,13-14H,2-4,9-10H2,1H3,(H,17,20)(H,18,19)/p-1. The molecule has 1 N–H and O–H groups in total. The predicted molar refractivity (Wildman–Crippen MR) is 78.3 cm³/mol. The molecule has 0 bridgehead atoms. The van der Waals surface area contributed by atoms with E-state index in [2.05, 4.69) is 5.32 Å². The Bertz CT molecular complexity index is 508. The van der Waals surface area contributed by atoms with E-state index in [1.807, 2.05) is 6.92 Å². The maximum atomic E-state index is 12.3. The molecular formula is C16H20NO5-. The highest BCUT2D eigenvalue weighted by atomic mass is 16.5.